The Morgan fingerprint density at radius 1 is 1.08 bits per heavy atom. The molecule has 26 heavy (non-hydrogen) atoms. The number of fused-ring (bicyclic) bond motifs is 4. The molecule has 1 aliphatic heterocycles. The third-order valence-electron chi connectivity index (χ3n) is 4.99. The fourth-order valence-electron chi connectivity index (χ4n) is 3.70. The van der Waals surface area contributed by atoms with Gasteiger partial charge in [-0.05, 0) is 24.1 Å². The topological polar surface area (TPSA) is 71.0 Å². The van der Waals surface area contributed by atoms with E-state index in [-0.39, 0.29) is 18.0 Å². The minimum absolute atomic E-state index is 0.0710. The molecule has 0 spiro atoms. The third-order valence-corrected chi connectivity index (χ3v) is 4.99. The van der Waals surface area contributed by atoms with Gasteiger partial charge in [0.05, 0.1) is 6.20 Å². The molecule has 0 unspecified atom stereocenters. The van der Waals surface area contributed by atoms with Crippen molar-refractivity contribution in [1.29, 1.82) is 0 Å². The molecule has 0 radical (unpaired) electrons. The van der Waals surface area contributed by atoms with Crippen molar-refractivity contribution in [3.8, 4) is 0 Å². The summed E-state index contributed by atoms with van der Waals surface area (Å²) in [5, 5.41) is 5.97. The van der Waals surface area contributed by atoms with Crippen LogP contribution in [0.25, 0.3) is 21.8 Å². The SMILES string of the molecule is O=C(Cn1ncc2c([nH]c3ccccc32)c1=O)N1CCc2ccccc21. The molecule has 6 heteroatoms. The highest BCUT2D eigenvalue weighted by atomic mass is 16.2. The zero-order valence-corrected chi connectivity index (χ0v) is 14.0. The van der Waals surface area contributed by atoms with E-state index in [9.17, 15) is 9.59 Å². The Bertz CT molecular complexity index is 1220. The molecule has 0 aliphatic carbocycles. The number of hydrogen-bond donors (Lipinski definition) is 1. The van der Waals surface area contributed by atoms with Crippen LogP contribution in [0.3, 0.4) is 0 Å². The van der Waals surface area contributed by atoms with Crippen molar-refractivity contribution in [3.05, 3.63) is 70.6 Å². The van der Waals surface area contributed by atoms with Crippen LogP contribution in [-0.4, -0.2) is 27.2 Å². The molecule has 1 amide bonds. The lowest BCUT2D eigenvalue weighted by atomic mass is 10.2. The Morgan fingerprint density at radius 2 is 1.88 bits per heavy atom. The van der Waals surface area contributed by atoms with Crippen LogP contribution >= 0.6 is 0 Å². The summed E-state index contributed by atoms with van der Waals surface area (Å²) in [6, 6.07) is 15.6. The van der Waals surface area contributed by atoms with E-state index in [0.29, 0.717) is 12.1 Å². The number of carbonyl (C=O) groups excluding carboxylic acids is 1. The normalized spacial score (nSPS) is 13.5. The molecule has 2 aromatic carbocycles. The van der Waals surface area contributed by atoms with Crippen molar-refractivity contribution in [3.63, 3.8) is 0 Å². The standard InChI is InChI=1S/C20H16N4O2/c25-18(23-10-9-13-5-1-4-8-17(13)23)12-24-20(26)19-15(11-21-24)14-6-2-3-7-16(14)22-19/h1-8,11,22H,9-10,12H2. The van der Waals surface area contributed by atoms with Crippen molar-refractivity contribution >= 4 is 33.4 Å². The van der Waals surface area contributed by atoms with Gasteiger partial charge in [0.15, 0.2) is 0 Å². The van der Waals surface area contributed by atoms with Gasteiger partial charge in [0, 0.05) is 28.5 Å². The molecule has 1 N–H and O–H groups in total. The van der Waals surface area contributed by atoms with Gasteiger partial charge < -0.3 is 9.88 Å². The Morgan fingerprint density at radius 3 is 2.81 bits per heavy atom. The van der Waals surface area contributed by atoms with Crippen molar-refractivity contribution in [2.75, 3.05) is 11.4 Å². The van der Waals surface area contributed by atoms with Gasteiger partial charge in [-0.25, -0.2) is 4.68 Å². The third kappa shape index (κ3) is 2.15. The average molecular weight is 344 g/mol. The van der Waals surface area contributed by atoms with Crippen molar-refractivity contribution < 1.29 is 4.79 Å². The Hall–Kier alpha value is -3.41. The number of para-hydroxylation sites is 2. The highest BCUT2D eigenvalue weighted by Crippen LogP contribution is 2.27. The molecule has 128 valence electrons. The lowest BCUT2D eigenvalue weighted by Gasteiger charge is -2.17. The lowest BCUT2D eigenvalue weighted by molar-refractivity contribution is -0.119. The number of benzene rings is 2. The molecular formula is C20H16N4O2. The van der Waals surface area contributed by atoms with Crippen LogP contribution in [0, 0.1) is 0 Å². The van der Waals surface area contributed by atoms with Crippen molar-refractivity contribution in [1.82, 2.24) is 14.8 Å². The molecule has 2 aromatic heterocycles. The molecular weight excluding hydrogens is 328 g/mol. The van der Waals surface area contributed by atoms with Crippen molar-refractivity contribution in [2.24, 2.45) is 0 Å². The summed E-state index contributed by atoms with van der Waals surface area (Å²) in [5.74, 6) is -0.125. The van der Waals surface area contributed by atoms with Gasteiger partial charge in [-0.3, -0.25) is 9.59 Å². The Labute approximate surface area is 148 Å². The fraction of sp³-hybridized carbons (Fsp3) is 0.150. The summed E-state index contributed by atoms with van der Waals surface area (Å²) < 4.78 is 1.24. The van der Waals surface area contributed by atoms with Crippen LogP contribution in [0.15, 0.2) is 59.5 Å². The summed E-state index contributed by atoms with van der Waals surface area (Å²) in [6.07, 6.45) is 2.49. The number of nitrogens with one attached hydrogen (secondary N) is 1. The number of aromatic amines is 1. The van der Waals surface area contributed by atoms with E-state index >= 15 is 0 Å². The summed E-state index contributed by atoms with van der Waals surface area (Å²) in [5.41, 5.74) is 3.18. The molecule has 4 aromatic rings. The molecule has 0 saturated carbocycles. The van der Waals surface area contributed by atoms with E-state index < -0.39 is 0 Å². The summed E-state index contributed by atoms with van der Waals surface area (Å²) in [4.78, 5) is 30.4. The maximum Gasteiger partial charge on any atom is 0.291 e. The Kier molecular flexibility index (Phi) is 3.18. The first-order valence-electron chi connectivity index (χ1n) is 8.57. The number of H-pyrrole nitrogens is 1. The summed E-state index contributed by atoms with van der Waals surface area (Å²) in [6.45, 7) is 0.569. The monoisotopic (exact) mass is 344 g/mol. The second kappa shape index (κ2) is 5.56. The summed E-state index contributed by atoms with van der Waals surface area (Å²) >= 11 is 0. The second-order valence-electron chi connectivity index (χ2n) is 6.49. The first kappa shape index (κ1) is 14.9. The predicted octanol–water partition coefficient (Wildman–Crippen LogP) is 2.47. The number of nitrogens with zero attached hydrogens (tertiary/aromatic N) is 3. The lowest BCUT2D eigenvalue weighted by Crippen LogP contribution is -2.36. The zero-order chi connectivity index (χ0) is 17.7. The fourth-order valence-corrected chi connectivity index (χ4v) is 3.70. The maximum absolute atomic E-state index is 12.8. The van der Waals surface area contributed by atoms with Crippen LogP contribution in [0.2, 0.25) is 0 Å². The van der Waals surface area contributed by atoms with Crippen LogP contribution < -0.4 is 10.5 Å². The smallest absolute Gasteiger partial charge is 0.291 e. The molecule has 0 atom stereocenters. The first-order chi connectivity index (χ1) is 12.7. The van der Waals surface area contributed by atoms with Gasteiger partial charge in [-0.1, -0.05) is 36.4 Å². The molecule has 3 heterocycles. The van der Waals surface area contributed by atoms with E-state index in [4.69, 9.17) is 0 Å². The van der Waals surface area contributed by atoms with Gasteiger partial charge in [0.2, 0.25) is 5.91 Å². The van der Waals surface area contributed by atoms with Crippen LogP contribution in [0.1, 0.15) is 5.56 Å². The number of rotatable bonds is 2. The molecule has 0 fully saturated rings. The first-order valence-corrected chi connectivity index (χ1v) is 8.57. The van der Waals surface area contributed by atoms with E-state index in [1.165, 1.54) is 4.68 Å². The zero-order valence-electron chi connectivity index (χ0n) is 14.0. The van der Waals surface area contributed by atoms with Gasteiger partial charge in [0.1, 0.15) is 12.1 Å². The second-order valence-corrected chi connectivity index (χ2v) is 6.49. The van der Waals surface area contributed by atoms with Crippen LogP contribution in [-0.2, 0) is 17.8 Å². The summed E-state index contributed by atoms with van der Waals surface area (Å²) in [7, 11) is 0. The number of hydrogen-bond acceptors (Lipinski definition) is 3. The predicted molar refractivity (Wildman–Crippen MR) is 100 cm³/mol. The van der Waals surface area contributed by atoms with Gasteiger partial charge in [0.25, 0.3) is 5.56 Å². The van der Waals surface area contributed by atoms with E-state index in [1.54, 1.807) is 11.1 Å². The minimum atomic E-state index is -0.278. The quantitative estimate of drug-likeness (QED) is 0.607. The van der Waals surface area contributed by atoms with Gasteiger partial charge >= 0.3 is 0 Å². The highest BCUT2D eigenvalue weighted by molar-refractivity contribution is 6.06. The Balaban J connectivity index is 1.52. The van der Waals surface area contributed by atoms with E-state index in [1.807, 2.05) is 48.5 Å². The number of carbonyl (C=O) groups is 1. The van der Waals surface area contributed by atoms with Crippen molar-refractivity contribution in [2.45, 2.75) is 13.0 Å². The number of anilines is 1. The van der Waals surface area contributed by atoms with Gasteiger partial charge in [-0.2, -0.15) is 5.10 Å². The van der Waals surface area contributed by atoms with Crippen LogP contribution in [0.5, 0.6) is 0 Å². The molecule has 5 rings (SSSR count). The molecule has 0 bridgehead atoms. The molecule has 1 aliphatic rings. The average Bonchev–Trinajstić information content (AvgIpc) is 3.26. The minimum Gasteiger partial charge on any atom is -0.350 e. The molecule has 0 saturated heterocycles. The van der Waals surface area contributed by atoms with E-state index in [2.05, 4.69) is 10.1 Å². The number of amides is 1. The van der Waals surface area contributed by atoms with E-state index in [0.717, 1.165) is 34.0 Å². The van der Waals surface area contributed by atoms with Crippen LogP contribution in [0.4, 0.5) is 5.69 Å². The molecule has 6 nitrogen and oxygen atoms in total. The highest BCUT2D eigenvalue weighted by Gasteiger charge is 2.25. The largest absolute Gasteiger partial charge is 0.350 e. The maximum atomic E-state index is 12.8. The van der Waals surface area contributed by atoms with Gasteiger partial charge in [-0.15, -0.1) is 0 Å². The number of aromatic nitrogens is 3.